The Morgan fingerprint density at radius 1 is 0.897 bits per heavy atom. The van der Waals surface area contributed by atoms with Crippen molar-refractivity contribution >= 4 is 21.5 Å². The van der Waals surface area contributed by atoms with Crippen LogP contribution in [0.25, 0.3) is 5.57 Å². The van der Waals surface area contributed by atoms with Gasteiger partial charge in [0.1, 0.15) is 0 Å². The fourth-order valence-electron chi connectivity index (χ4n) is 2.74. The van der Waals surface area contributed by atoms with Gasteiger partial charge in [-0.1, -0.05) is 60.2 Å². The summed E-state index contributed by atoms with van der Waals surface area (Å²) in [7, 11) is -3.98. The minimum absolute atomic E-state index is 0.0180. The van der Waals surface area contributed by atoms with Crippen LogP contribution in [0.15, 0.2) is 89.8 Å². The maximum absolute atomic E-state index is 12.6. The van der Waals surface area contributed by atoms with Crippen LogP contribution in [0.4, 0.5) is 0 Å². The molecule has 6 heteroatoms. The van der Waals surface area contributed by atoms with E-state index in [2.05, 4.69) is 4.72 Å². The Hall–Kier alpha value is -3.69. The van der Waals surface area contributed by atoms with Crippen LogP contribution >= 0.6 is 0 Å². The number of hydrogen-bond acceptors (Lipinski definition) is 4. The SMILES string of the molecule is Cc1ccc(S(=O)(=O)NC(=O)/C=C(\c2ccccc2)c2ccc(C#N)cc2)cc1. The van der Waals surface area contributed by atoms with Gasteiger partial charge in [0.25, 0.3) is 15.9 Å². The van der Waals surface area contributed by atoms with Gasteiger partial charge in [-0.15, -0.1) is 0 Å². The highest BCUT2D eigenvalue weighted by Crippen LogP contribution is 2.24. The Morgan fingerprint density at radius 2 is 1.48 bits per heavy atom. The molecule has 0 heterocycles. The fraction of sp³-hybridized carbons (Fsp3) is 0.0435. The summed E-state index contributed by atoms with van der Waals surface area (Å²) in [6.07, 6.45) is 1.25. The van der Waals surface area contributed by atoms with Crippen molar-refractivity contribution < 1.29 is 13.2 Å². The van der Waals surface area contributed by atoms with Crippen LogP contribution < -0.4 is 4.72 Å². The number of nitrogens with one attached hydrogen (secondary N) is 1. The molecule has 0 saturated carbocycles. The van der Waals surface area contributed by atoms with Gasteiger partial charge in [-0.2, -0.15) is 5.26 Å². The van der Waals surface area contributed by atoms with Crippen molar-refractivity contribution in [2.45, 2.75) is 11.8 Å². The molecule has 0 bridgehead atoms. The van der Waals surface area contributed by atoms with E-state index in [-0.39, 0.29) is 4.90 Å². The minimum atomic E-state index is -3.98. The second-order valence-corrected chi connectivity index (χ2v) is 8.08. The number of rotatable bonds is 5. The van der Waals surface area contributed by atoms with Crippen LogP contribution in [-0.2, 0) is 14.8 Å². The average molecular weight is 402 g/mol. The van der Waals surface area contributed by atoms with Crippen molar-refractivity contribution in [1.82, 2.24) is 4.72 Å². The smallest absolute Gasteiger partial charge is 0.264 e. The molecule has 1 N–H and O–H groups in total. The standard InChI is InChI=1S/C23H18N2O3S/c1-17-7-13-21(14-8-17)29(27,28)25-23(26)15-22(19-5-3-2-4-6-19)20-11-9-18(16-24)10-12-20/h2-15H,1H3,(H,25,26)/b22-15+. The average Bonchev–Trinajstić information content (AvgIpc) is 2.73. The van der Waals surface area contributed by atoms with Gasteiger partial charge in [0.2, 0.25) is 0 Å². The van der Waals surface area contributed by atoms with Crippen molar-refractivity contribution in [1.29, 1.82) is 5.26 Å². The molecule has 3 aromatic carbocycles. The van der Waals surface area contributed by atoms with Gasteiger partial charge in [-0.3, -0.25) is 4.79 Å². The first kappa shape index (κ1) is 20.1. The lowest BCUT2D eigenvalue weighted by Crippen LogP contribution is -2.29. The molecule has 0 saturated heterocycles. The number of carbonyl (C=O) groups is 1. The van der Waals surface area contributed by atoms with Crippen molar-refractivity contribution in [2.24, 2.45) is 0 Å². The molecular formula is C23H18N2O3S. The van der Waals surface area contributed by atoms with Crippen LogP contribution in [0.1, 0.15) is 22.3 Å². The number of nitriles is 1. The Bertz CT molecular complexity index is 1190. The number of benzene rings is 3. The first-order valence-corrected chi connectivity index (χ1v) is 10.3. The normalized spacial score (nSPS) is 11.5. The summed E-state index contributed by atoms with van der Waals surface area (Å²) in [4.78, 5) is 12.6. The summed E-state index contributed by atoms with van der Waals surface area (Å²) in [5, 5.41) is 8.99. The third-order valence-corrected chi connectivity index (χ3v) is 5.61. The number of nitrogens with zero attached hydrogens (tertiary/aromatic N) is 1. The summed E-state index contributed by atoms with van der Waals surface area (Å²) in [6.45, 7) is 1.85. The van der Waals surface area contributed by atoms with Crippen molar-refractivity contribution in [3.05, 3.63) is 107 Å². The Morgan fingerprint density at radius 3 is 2.07 bits per heavy atom. The predicted octanol–water partition coefficient (Wildman–Crippen LogP) is 3.80. The molecule has 29 heavy (non-hydrogen) atoms. The van der Waals surface area contributed by atoms with Crippen LogP contribution in [0.2, 0.25) is 0 Å². The first-order valence-electron chi connectivity index (χ1n) is 8.80. The molecule has 3 rings (SSSR count). The zero-order valence-corrected chi connectivity index (χ0v) is 16.5. The van der Waals surface area contributed by atoms with Crippen molar-refractivity contribution in [3.63, 3.8) is 0 Å². The predicted molar refractivity (Wildman–Crippen MR) is 111 cm³/mol. The van der Waals surface area contributed by atoms with Crippen LogP contribution in [0, 0.1) is 18.3 Å². The van der Waals surface area contributed by atoms with E-state index in [4.69, 9.17) is 5.26 Å². The maximum Gasteiger partial charge on any atom is 0.264 e. The van der Waals surface area contributed by atoms with E-state index in [0.29, 0.717) is 16.7 Å². The van der Waals surface area contributed by atoms with E-state index in [1.807, 2.05) is 43.3 Å². The molecule has 1 amide bonds. The maximum atomic E-state index is 12.6. The van der Waals surface area contributed by atoms with Crippen LogP contribution in [-0.4, -0.2) is 14.3 Å². The van der Waals surface area contributed by atoms with E-state index in [1.54, 1.807) is 36.4 Å². The van der Waals surface area contributed by atoms with Gasteiger partial charge >= 0.3 is 0 Å². The van der Waals surface area contributed by atoms with E-state index < -0.39 is 15.9 Å². The lowest BCUT2D eigenvalue weighted by Gasteiger charge is -2.10. The van der Waals surface area contributed by atoms with Crippen LogP contribution in [0.3, 0.4) is 0 Å². The fourth-order valence-corrected chi connectivity index (χ4v) is 3.68. The van der Waals surface area contributed by atoms with Gasteiger partial charge in [-0.25, -0.2) is 13.1 Å². The molecule has 144 valence electrons. The summed E-state index contributed by atoms with van der Waals surface area (Å²) in [5.74, 6) is -0.756. The molecule has 0 unspecified atom stereocenters. The highest BCUT2D eigenvalue weighted by atomic mass is 32.2. The quantitative estimate of drug-likeness (QED) is 0.658. The monoisotopic (exact) mass is 402 g/mol. The second kappa shape index (κ2) is 8.55. The third-order valence-electron chi connectivity index (χ3n) is 4.25. The molecule has 5 nitrogen and oxygen atoms in total. The number of aryl methyl sites for hydroxylation is 1. The Labute approximate surface area is 170 Å². The van der Waals surface area contributed by atoms with Gasteiger partial charge in [-0.05, 0) is 47.9 Å². The zero-order chi connectivity index (χ0) is 20.9. The summed E-state index contributed by atoms with van der Waals surface area (Å²) >= 11 is 0. The highest BCUT2D eigenvalue weighted by Gasteiger charge is 2.17. The van der Waals surface area contributed by atoms with Crippen molar-refractivity contribution in [3.8, 4) is 6.07 Å². The zero-order valence-electron chi connectivity index (χ0n) is 15.7. The molecule has 0 aliphatic heterocycles. The summed E-state index contributed by atoms with van der Waals surface area (Å²) in [5.41, 5.74) is 3.40. The molecule has 0 atom stereocenters. The lowest BCUT2D eigenvalue weighted by molar-refractivity contribution is -0.114. The Balaban J connectivity index is 1.95. The largest absolute Gasteiger partial charge is 0.269 e. The van der Waals surface area contributed by atoms with Gasteiger partial charge in [0, 0.05) is 6.08 Å². The van der Waals surface area contributed by atoms with Crippen molar-refractivity contribution in [2.75, 3.05) is 0 Å². The molecule has 0 fully saturated rings. The van der Waals surface area contributed by atoms with Gasteiger partial charge in [0.15, 0.2) is 0 Å². The molecule has 0 aliphatic carbocycles. The van der Waals surface area contributed by atoms with Gasteiger partial charge in [0.05, 0.1) is 16.5 Å². The van der Waals surface area contributed by atoms with E-state index in [9.17, 15) is 13.2 Å². The Kier molecular flexibility index (Phi) is 5.91. The van der Waals surface area contributed by atoms with E-state index in [1.165, 1.54) is 18.2 Å². The number of hydrogen-bond donors (Lipinski definition) is 1. The topological polar surface area (TPSA) is 87.0 Å². The highest BCUT2D eigenvalue weighted by molar-refractivity contribution is 7.90. The molecular weight excluding hydrogens is 384 g/mol. The van der Waals surface area contributed by atoms with Gasteiger partial charge < -0.3 is 0 Å². The first-order chi connectivity index (χ1) is 13.9. The number of carbonyl (C=O) groups excluding carboxylic acids is 1. The molecule has 0 aromatic heterocycles. The number of amides is 1. The molecule has 0 spiro atoms. The van der Waals surface area contributed by atoms with E-state index >= 15 is 0 Å². The second-order valence-electron chi connectivity index (χ2n) is 6.40. The minimum Gasteiger partial charge on any atom is -0.269 e. The molecule has 0 radical (unpaired) electrons. The lowest BCUT2D eigenvalue weighted by atomic mass is 9.97. The summed E-state index contributed by atoms with van der Waals surface area (Å²) < 4.78 is 27.1. The molecule has 3 aromatic rings. The van der Waals surface area contributed by atoms with Crippen LogP contribution in [0.5, 0.6) is 0 Å². The third kappa shape index (κ3) is 4.98. The number of sulfonamides is 1. The molecule has 0 aliphatic rings. The summed E-state index contributed by atoms with van der Waals surface area (Å²) in [6, 6.07) is 24.2. The van der Waals surface area contributed by atoms with E-state index in [0.717, 1.165) is 11.1 Å².